The normalized spacial score (nSPS) is 18.3. The van der Waals surface area contributed by atoms with Crippen LogP contribution in [0.4, 0.5) is 17.8 Å². The largest absolute Gasteiger partial charge is 0.376 e. The topological polar surface area (TPSA) is 84.4 Å². The summed E-state index contributed by atoms with van der Waals surface area (Å²) in [6.07, 6.45) is 0.0328. The van der Waals surface area contributed by atoms with E-state index in [9.17, 15) is 0 Å². The Morgan fingerprint density at radius 1 is 1.14 bits per heavy atom. The van der Waals surface area contributed by atoms with Crippen LogP contribution in [0.3, 0.4) is 0 Å². The van der Waals surface area contributed by atoms with Crippen LogP contribution >= 0.6 is 0 Å². The Balaban J connectivity index is 2.04. The summed E-state index contributed by atoms with van der Waals surface area (Å²) in [6.45, 7) is 8.36. The summed E-state index contributed by atoms with van der Waals surface area (Å²) in [5.41, 5.74) is 0. The molecular weight excluding hydrogens is 272 g/mol. The highest BCUT2D eigenvalue weighted by Gasteiger charge is 2.16. The third-order valence-electron chi connectivity index (χ3n) is 3.27. The fraction of sp³-hybridized carbons (Fsp3) is 0.769. The van der Waals surface area contributed by atoms with Gasteiger partial charge in [0.15, 0.2) is 0 Å². The SMILES string of the molecule is CCN(CC)c1nc(NC)nc(NCC2COCCO2)n1. The molecule has 0 bridgehead atoms. The Morgan fingerprint density at radius 2 is 1.90 bits per heavy atom. The molecule has 1 atom stereocenters. The van der Waals surface area contributed by atoms with Gasteiger partial charge < -0.3 is 25.0 Å². The molecule has 0 radical (unpaired) electrons. The molecule has 0 saturated carbocycles. The monoisotopic (exact) mass is 296 g/mol. The molecule has 0 spiro atoms. The second-order valence-electron chi connectivity index (χ2n) is 4.65. The highest BCUT2D eigenvalue weighted by molar-refractivity contribution is 5.43. The van der Waals surface area contributed by atoms with Crippen molar-refractivity contribution in [3.63, 3.8) is 0 Å². The van der Waals surface area contributed by atoms with Crippen LogP contribution in [0.25, 0.3) is 0 Å². The fourth-order valence-electron chi connectivity index (χ4n) is 2.06. The zero-order valence-electron chi connectivity index (χ0n) is 12.9. The lowest BCUT2D eigenvalue weighted by molar-refractivity contribution is -0.0819. The fourth-order valence-corrected chi connectivity index (χ4v) is 2.06. The van der Waals surface area contributed by atoms with Crippen LogP contribution < -0.4 is 15.5 Å². The molecule has 0 aliphatic carbocycles. The smallest absolute Gasteiger partial charge is 0.231 e. The van der Waals surface area contributed by atoms with Crippen molar-refractivity contribution in [3.05, 3.63) is 0 Å². The first-order valence-corrected chi connectivity index (χ1v) is 7.38. The average Bonchev–Trinajstić information content (AvgIpc) is 2.55. The minimum Gasteiger partial charge on any atom is -0.376 e. The molecule has 2 N–H and O–H groups in total. The van der Waals surface area contributed by atoms with Crippen molar-refractivity contribution in [2.24, 2.45) is 0 Å². The number of anilines is 3. The predicted molar refractivity (Wildman–Crippen MR) is 82.0 cm³/mol. The number of hydrogen-bond donors (Lipinski definition) is 2. The molecule has 0 amide bonds. The molecule has 1 fully saturated rings. The number of nitrogens with zero attached hydrogens (tertiary/aromatic N) is 4. The van der Waals surface area contributed by atoms with Crippen LogP contribution in [-0.4, -0.2) is 67.6 Å². The lowest BCUT2D eigenvalue weighted by Crippen LogP contribution is -2.34. The van der Waals surface area contributed by atoms with Crippen molar-refractivity contribution in [2.75, 3.05) is 62.0 Å². The maximum absolute atomic E-state index is 5.59. The van der Waals surface area contributed by atoms with Crippen LogP contribution in [0.15, 0.2) is 0 Å². The molecule has 2 heterocycles. The van der Waals surface area contributed by atoms with E-state index in [2.05, 4.69) is 44.3 Å². The van der Waals surface area contributed by atoms with Gasteiger partial charge in [0.25, 0.3) is 0 Å². The standard InChI is InChI=1S/C13H24N6O2/c1-4-19(5-2)13-17-11(14-3)16-12(18-13)15-8-10-9-20-6-7-21-10/h10H,4-9H2,1-3H3,(H2,14,15,16,17,18). The number of aromatic nitrogens is 3. The van der Waals surface area contributed by atoms with E-state index in [1.165, 1.54) is 0 Å². The van der Waals surface area contributed by atoms with Gasteiger partial charge in [-0.2, -0.15) is 15.0 Å². The van der Waals surface area contributed by atoms with Gasteiger partial charge >= 0.3 is 0 Å². The summed E-state index contributed by atoms with van der Waals surface area (Å²) in [4.78, 5) is 15.2. The lowest BCUT2D eigenvalue weighted by Gasteiger charge is -2.23. The number of rotatable bonds is 7. The first kappa shape index (κ1) is 15.7. The zero-order chi connectivity index (χ0) is 15.1. The molecule has 118 valence electrons. The van der Waals surface area contributed by atoms with Gasteiger partial charge in [-0.05, 0) is 13.8 Å². The van der Waals surface area contributed by atoms with E-state index in [0.29, 0.717) is 44.2 Å². The number of nitrogens with one attached hydrogen (secondary N) is 2. The van der Waals surface area contributed by atoms with Crippen molar-refractivity contribution in [1.29, 1.82) is 0 Å². The van der Waals surface area contributed by atoms with E-state index in [4.69, 9.17) is 9.47 Å². The number of hydrogen-bond acceptors (Lipinski definition) is 8. The predicted octanol–water partition coefficient (Wildman–Crippen LogP) is 0.587. The first-order chi connectivity index (χ1) is 10.3. The minimum absolute atomic E-state index is 0.0328. The molecule has 1 aromatic rings. The molecule has 1 aromatic heterocycles. The van der Waals surface area contributed by atoms with Crippen LogP contribution in [0.1, 0.15) is 13.8 Å². The second kappa shape index (κ2) is 7.94. The van der Waals surface area contributed by atoms with Gasteiger partial charge in [-0.3, -0.25) is 0 Å². The summed E-state index contributed by atoms with van der Waals surface area (Å²) in [5, 5.41) is 6.16. The van der Waals surface area contributed by atoms with Crippen molar-refractivity contribution >= 4 is 17.8 Å². The van der Waals surface area contributed by atoms with E-state index >= 15 is 0 Å². The molecule has 1 aliphatic rings. The van der Waals surface area contributed by atoms with Crippen molar-refractivity contribution in [3.8, 4) is 0 Å². The number of ether oxygens (including phenoxy) is 2. The Labute approximate surface area is 125 Å². The van der Waals surface area contributed by atoms with E-state index < -0.39 is 0 Å². The third-order valence-corrected chi connectivity index (χ3v) is 3.27. The molecule has 1 aliphatic heterocycles. The third kappa shape index (κ3) is 4.40. The van der Waals surface area contributed by atoms with Gasteiger partial charge in [0.05, 0.1) is 25.9 Å². The summed E-state index contributed by atoms with van der Waals surface area (Å²) in [7, 11) is 1.79. The second-order valence-corrected chi connectivity index (χ2v) is 4.65. The molecule has 0 aromatic carbocycles. The first-order valence-electron chi connectivity index (χ1n) is 7.38. The van der Waals surface area contributed by atoms with Crippen LogP contribution in [0.2, 0.25) is 0 Å². The van der Waals surface area contributed by atoms with Crippen LogP contribution in [0.5, 0.6) is 0 Å². The van der Waals surface area contributed by atoms with Gasteiger partial charge in [-0.15, -0.1) is 0 Å². The molecular formula is C13H24N6O2. The van der Waals surface area contributed by atoms with E-state index in [1.54, 1.807) is 7.05 Å². The Kier molecular flexibility index (Phi) is 5.94. The van der Waals surface area contributed by atoms with Gasteiger partial charge in [-0.25, -0.2) is 0 Å². The highest BCUT2D eigenvalue weighted by atomic mass is 16.6. The molecule has 1 unspecified atom stereocenters. The molecule has 21 heavy (non-hydrogen) atoms. The van der Waals surface area contributed by atoms with Gasteiger partial charge in [0.2, 0.25) is 17.8 Å². The molecule has 8 heteroatoms. The summed E-state index contributed by atoms with van der Waals surface area (Å²) in [6, 6.07) is 0. The van der Waals surface area contributed by atoms with Gasteiger partial charge in [-0.1, -0.05) is 0 Å². The quantitative estimate of drug-likeness (QED) is 0.756. The average molecular weight is 296 g/mol. The van der Waals surface area contributed by atoms with Crippen molar-refractivity contribution in [1.82, 2.24) is 15.0 Å². The Hall–Kier alpha value is -1.67. The van der Waals surface area contributed by atoms with Crippen LogP contribution in [0, 0.1) is 0 Å². The van der Waals surface area contributed by atoms with E-state index in [-0.39, 0.29) is 6.10 Å². The highest BCUT2D eigenvalue weighted by Crippen LogP contribution is 2.13. The van der Waals surface area contributed by atoms with Crippen molar-refractivity contribution in [2.45, 2.75) is 20.0 Å². The summed E-state index contributed by atoms with van der Waals surface area (Å²) >= 11 is 0. The van der Waals surface area contributed by atoms with Crippen molar-refractivity contribution < 1.29 is 9.47 Å². The molecule has 8 nitrogen and oxygen atoms in total. The Bertz CT molecular complexity index is 435. The van der Waals surface area contributed by atoms with E-state index in [0.717, 1.165) is 13.1 Å². The summed E-state index contributed by atoms with van der Waals surface area (Å²) < 4.78 is 11.0. The summed E-state index contributed by atoms with van der Waals surface area (Å²) in [5.74, 6) is 1.77. The Morgan fingerprint density at radius 3 is 2.52 bits per heavy atom. The molecule has 2 rings (SSSR count). The zero-order valence-corrected chi connectivity index (χ0v) is 12.9. The van der Waals surface area contributed by atoms with Gasteiger partial charge in [0, 0.05) is 26.7 Å². The minimum atomic E-state index is 0.0328. The van der Waals surface area contributed by atoms with Crippen LogP contribution in [-0.2, 0) is 9.47 Å². The maximum atomic E-state index is 5.59. The lowest BCUT2D eigenvalue weighted by atomic mass is 10.3. The van der Waals surface area contributed by atoms with E-state index in [1.807, 2.05) is 0 Å². The maximum Gasteiger partial charge on any atom is 0.231 e. The molecule has 1 saturated heterocycles. The van der Waals surface area contributed by atoms with Gasteiger partial charge in [0.1, 0.15) is 0 Å².